The SMILES string of the molecule is CCCCOc1ccc(Nc2nc(CNCC)cs2)cc1. The molecule has 0 saturated heterocycles. The van der Waals surface area contributed by atoms with Gasteiger partial charge in [-0.3, -0.25) is 0 Å². The van der Waals surface area contributed by atoms with Crippen molar-refractivity contribution in [2.24, 2.45) is 0 Å². The Morgan fingerprint density at radius 1 is 1.19 bits per heavy atom. The lowest BCUT2D eigenvalue weighted by atomic mass is 10.3. The summed E-state index contributed by atoms with van der Waals surface area (Å²) in [6.45, 7) is 6.81. The van der Waals surface area contributed by atoms with Crippen molar-refractivity contribution in [2.75, 3.05) is 18.5 Å². The molecule has 0 aliphatic heterocycles. The molecule has 0 amide bonds. The first-order valence-corrected chi connectivity index (χ1v) is 8.34. The van der Waals surface area contributed by atoms with E-state index >= 15 is 0 Å². The fraction of sp³-hybridized carbons (Fsp3) is 0.438. The molecule has 0 unspecified atom stereocenters. The van der Waals surface area contributed by atoms with E-state index in [9.17, 15) is 0 Å². The molecular weight excluding hydrogens is 282 g/mol. The van der Waals surface area contributed by atoms with E-state index in [4.69, 9.17) is 4.74 Å². The highest BCUT2D eigenvalue weighted by Gasteiger charge is 2.02. The zero-order chi connectivity index (χ0) is 14.9. The van der Waals surface area contributed by atoms with E-state index in [-0.39, 0.29) is 0 Å². The summed E-state index contributed by atoms with van der Waals surface area (Å²) in [5.41, 5.74) is 2.10. The van der Waals surface area contributed by atoms with E-state index in [1.54, 1.807) is 11.3 Å². The summed E-state index contributed by atoms with van der Waals surface area (Å²) < 4.78 is 5.65. The molecule has 0 radical (unpaired) electrons. The number of nitrogens with one attached hydrogen (secondary N) is 2. The number of rotatable bonds is 9. The lowest BCUT2D eigenvalue weighted by molar-refractivity contribution is 0.309. The highest BCUT2D eigenvalue weighted by atomic mass is 32.1. The predicted molar refractivity (Wildman–Crippen MR) is 89.6 cm³/mol. The molecule has 1 aromatic heterocycles. The second-order valence-corrected chi connectivity index (χ2v) is 5.63. The molecule has 2 N–H and O–H groups in total. The Kier molecular flexibility index (Phi) is 6.50. The molecule has 1 aromatic carbocycles. The van der Waals surface area contributed by atoms with Gasteiger partial charge in [0.25, 0.3) is 0 Å². The van der Waals surface area contributed by atoms with Crippen molar-refractivity contribution < 1.29 is 4.74 Å². The summed E-state index contributed by atoms with van der Waals surface area (Å²) in [7, 11) is 0. The maximum atomic E-state index is 5.65. The maximum absolute atomic E-state index is 5.65. The monoisotopic (exact) mass is 305 g/mol. The summed E-state index contributed by atoms with van der Waals surface area (Å²) >= 11 is 1.62. The van der Waals surface area contributed by atoms with Crippen molar-refractivity contribution in [1.29, 1.82) is 0 Å². The van der Waals surface area contributed by atoms with Crippen molar-refractivity contribution in [2.45, 2.75) is 33.2 Å². The minimum Gasteiger partial charge on any atom is -0.494 e. The van der Waals surface area contributed by atoms with Crippen LogP contribution in [-0.4, -0.2) is 18.1 Å². The molecule has 0 fully saturated rings. The number of unbranched alkanes of at least 4 members (excludes halogenated alkanes) is 1. The van der Waals surface area contributed by atoms with E-state index in [0.29, 0.717) is 0 Å². The van der Waals surface area contributed by atoms with Crippen molar-refractivity contribution in [3.63, 3.8) is 0 Å². The van der Waals surface area contributed by atoms with E-state index in [2.05, 4.69) is 34.8 Å². The molecule has 0 spiro atoms. The van der Waals surface area contributed by atoms with Gasteiger partial charge in [-0.05, 0) is 37.2 Å². The van der Waals surface area contributed by atoms with Crippen molar-refractivity contribution >= 4 is 22.2 Å². The Morgan fingerprint density at radius 2 is 2.00 bits per heavy atom. The Bertz CT molecular complexity index is 525. The van der Waals surface area contributed by atoms with Crippen LogP contribution in [0, 0.1) is 0 Å². The molecule has 0 aliphatic rings. The molecule has 0 bridgehead atoms. The normalized spacial score (nSPS) is 10.6. The van der Waals surface area contributed by atoms with Gasteiger partial charge in [0, 0.05) is 17.6 Å². The van der Waals surface area contributed by atoms with Gasteiger partial charge in [-0.2, -0.15) is 0 Å². The zero-order valence-corrected chi connectivity index (χ0v) is 13.5. The molecule has 0 saturated carbocycles. The van der Waals surface area contributed by atoms with Gasteiger partial charge in [0.05, 0.1) is 12.3 Å². The summed E-state index contributed by atoms with van der Waals surface area (Å²) in [4.78, 5) is 4.54. The van der Waals surface area contributed by atoms with Crippen LogP contribution in [0.15, 0.2) is 29.6 Å². The van der Waals surface area contributed by atoms with E-state index in [0.717, 1.165) is 54.8 Å². The van der Waals surface area contributed by atoms with Gasteiger partial charge >= 0.3 is 0 Å². The van der Waals surface area contributed by atoms with Crippen LogP contribution in [-0.2, 0) is 6.54 Å². The minimum absolute atomic E-state index is 0.781. The summed E-state index contributed by atoms with van der Waals surface area (Å²) in [5.74, 6) is 0.918. The van der Waals surface area contributed by atoms with Crippen molar-refractivity contribution in [3.8, 4) is 5.75 Å². The number of anilines is 2. The minimum atomic E-state index is 0.781. The summed E-state index contributed by atoms with van der Waals surface area (Å²) in [6.07, 6.45) is 2.24. The fourth-order valence-electron chi connectivity index (χ4n) is 1.79. The van der Waals surface area contributed by atoms with Crippen LogP contribution in [0.5, 0.6) is 5.75 Å². The molecule has 114 valence electrons. The van der Waals surface area contributed by atoms with Crippen LogP contribution in [0.4, 0.5) is 10.8 Å². The smallest absolute Gasteiger partial charge is 0.187 e. The number of hydrogen-bond donors (Lipinski definition) is 2. The Balaban J connectivity index is 1.86. The maximum Gasteiger partial charge on any atom is 0.187 e. The van der Waals surface area contributed by atoms with E-state index < -0.39 is 0 Å². The number of thiazole rings is 1. The van der Waals surface area contributed by atoms with Crippen LogP contribution >= 0.6 is 11.3 Å². The standard InChI is InChI=1S/C16H23N3OS/c1-3-5-10-20-15-8-6-13(7-9-15)18-16-19-14(12-21-16)11-17-4-2/h6-9,12,17H,3-5,10-11H2,1-2H3,(H,18,19). The topological polar surface area (TPSA) is 46.2 Å². The van der Waals surface area contributed by atoms with Crippen LogP contribution < -0.4 is 15.4 Å². The molecule has 0 atom stereocenters. The third-order valence-corrected chi connectivity index (χ3v) is 3.79. The van der Waals surface area contributed by atoms with Crippen LogP contribution in [0.1, 0.15) is 32.4 Å². The first-order valence-electron chi connectivity index (χ1n) is 7.46. The predicted octanol–water partition coefficient (Wildman–Crippen LogP) is 4.18. The van der Waals surface area contributed by atoms with Gasteiger partial charge in [-0.1, -0.05) is 20.3 Å². The van der Waals surface area contributed by atoms with Gasteiger partial charge in [0.1, 0.15) is 5.75 Å². The highest BCUT2D eigenvalue weighted by Crippen LogP contribution is 2.23. The van der Waals surface area contributed by atoms with Crippen LogP contribution in [0.2, 0.25) is 0 Å². The number of nitrogens with zero attached hydrogens (tertiary/aromatic N) is 1. The fourth-order valence-corrected chi connectivity index (χ4v) is 2.52. The van der Waals surface area contributed by atoms with Gasteiger partial charge in [-0.25, -0.2) is 4.98 Å². The van der Waals surface area contributed by atoms with Gasteiger partial charge in [-0.15, -0.1) is 11.3 Å². The number of ether oxygens (including phenoxy) is 1. The van der Waals surface area contributed by atoms with Crippen LogP contribution in [0.3, 0.4) is 0 Å². The first kappa shape index (κ1) is 15.8. The van der Waals surface area contributed by atoms with Gasteiger partial charge in [0.2, 0.25) is 0 Å². The quantitative estimate of drug-likeness (QED) is 0.682. The highest BCUT2D eigenvalue weighted by molar-refractivity contribution is 7.13. The van der Waals surface area contributed by atoms with Crippen LogP contribution in [0.25, 0.3) is 0 Å². The second kappa shape index (κ2) is 8.64. The lowest BCUT2D eigenvalue weighted by Crippen LogP contribution is -2.11. The van der Waals surface area contributed by atoms with Gasteiger partial charge < -0.3 is 15.4 Å². The third kappa shape index (κ3) is 5.36. The van der Waals surface area contributed by atoms with E-state index in [1.165, 1.54) is 0 Å². The molecule has 21 heavy (non-hydrogen) atoms. The molecular formula is C16H23N3OS. The summed E-state index contributed by atoms with van der Waals surface area (Å²) in [5, 5.41) is 9.59. The first-order chi connectivity index (χ1) is 10.3. The number of aromatic nitrogens is 1. The van der Waals surface area contributed by atoms with Crippen molar-refractivity contribution in [3.05, 3.63) is 35.3 Å². The Hall–Kier alpha value is -1.59. The second-order valence-electron chi connectivity index (χ2n) is 4.78. The number of benzene rings is 1. The third-order valence-electron chi connectivity index (χ3n) is 2.98. The largest absolute Gasteiger partial charge is 0.494 e. The molecule has 0 aliphatic carbocycles. The molecule has 5 heteroatoms. The zero-order valence-electron chi connectivity index (χ0n) is 12.7. The van der Waals surface area contributed by atoms with E-state index in [1.807, 2.05) is 24.3 Å². The molecule has 1 heterocycles. The Morgan fingerprint density at radius 3 is 2.71 bits per heavy atom. The Labute approximate surface area is 130 Å². The average molecular weight is 305 g/mol. The molecule has 2 rings (SSSR count). The molecule has 4 nitrogen and oxygen atoms in total. The summed E-state index contributed by atoms with van der Waals surface area (Å²) in [6, 6.07) is 8.02. The molecule has 2 aromatic rings. The van der Waals surface area contributed by atoms with Crippen molar-refractivity contribution in [1.82, 2.24) is 10.3 Å². The number of hydrogen-bond acceptors (Lipinski definition) is 5. The van der Waals surface area contributed by atoms with Gasteiger partial charge in [0.15, 0.2) is 5.13 Å². The average Bonchev–Trinajstić information content (AvgIpc) is 2.95. The lowest BCUT2D eigenvalue weighted by Gasteiger charge is -2.07.